The maximum absolute atomic E-state index is 11.6. The van der Waals surface area contributed by atoms with E-state index in [1.165, 1.54) is 6.08 Å². The Morgan fingerprint density at radius 1 is 1.67 bits per heavy atom. The van der Waals surface area contributed by atoms with Crippen LogP contribution in [0.5, 0.6) is 0 Å². The molecular weight excluding hydrogens is 248 g/mol. The van der Waals surface area contributed by atoms with Gasteiger partial charge in [0.05, 0.1) is 10.7 Å². The molecule has 1 aromatic heterocycles. The smallest absolute Gasteiger partial charge is 0.244 e. The van der Waals surface area contributed by atoms with Crippen LogP contribution in [-0.2, 0) is 4.79 Å². The van der Waals surface area contributed by atoms with Crippen molar-refractivity contribution in [1.29, 1.82) is 0 Å². The lowest BCUT2D eigenvalue weighted by molar-refractivity contribution is -0.116. The van der Waals surface area contributed by atoms with Crippen molar-refractivity contribution in [2.75, 3.05) is 13.2 Å². The summed E-state index contributed by atoms with van der Waals surface area (Å²) >= 11 is 1.56. The number of amides is 1. The first kappa shape index (κ1) is 14.9. The lowest BCUT2D eigenvalue weighted by Crippen LogP contribution is -2.28. The highest BCUT2D eigenvalue weighted by molar-refractivity contribution is 7.09. The minimum absolute atomic E-state index is 0.114. The minimum atomic E-state index is -0.114. The summed E-state index contributed by atoms with van der Waals surface area (Å²) in [6.07, 6.45) is 4.90. The van der Waals surface area contributed by atoms with Crippen molar-refractivity contribution in [3.8, 4) is 0 Å². The van der Waals surface area contributed by atoms with Crippen LogP contribution in [-0.4, -0.2) is 29.1 Å². The minimum Gasteiger partial charge on any atom is -0.396 e. The fourth-order valence-corrected chi connectivity index (χ4v) is 2.14. The number of rotatable bonds is 7. The third-order valence-corrected chi connectivity index (χ3v) is 3.51. The largest absolute Gasteiger partial charge is 0.396 e. The van der Waals surface area contributed by atoms with Gasteiger partial charge in [-0.25, -0.2) is 4.98 Å². The van der Waals surface area contributed by atoms with E-state index in [1.807, 2.05) is 12.3 Å². The Kier molecular flexibility index (Phi) is 6.60. The summed E-state index contributed by atoms with van der Waals surface area (Å²) in [7, 11) is 0. The van der Waals surface area contributed by atoms with Gasteiger partial charge in [-0.15, -0.1) is 11.3 Å². The van der Waals surface area contributed by atoms with Crippen molar-refractivity contribution in [3.63, 3.8) is 0 Å². The number of carbonyl (C=O) groups excluding carboxylic acids is 1. The first-order valence-corrected chi connectivity index (χ1v) is 7.02. The van der Waals surface area contributed by atoms with Crippen molar-refractivity contribution in [2.24, 2.45) is 5.92 Å². The van der Waals surface area contributed by atoms with Gasteiger partial charge < -0.3 is 10.4 Å². The maximum atomic E-state index is 11.6. The molecule has 0 aliphatic carbocycles. The fraction of sp³-hybridized carbons (Fsp3) is 0.538. The molecule has 0 bridgehead atoms. The van der Waals surface area contributed by atoms with E-state index in [0.717, 1.165) is 23.5 Å². The molecule has 0 fully saturated rings. The number of nitrogens with one attached hydrogen (secondary N) is 1. The standard InChI is InChI=1S/C13H20N2O2S/c1-3-11(6-7-16)8-14-13(17)5-4-12-9-18-10(2)15-12/h4-5,9,11,16H,3,6-8H2,1-2H3,(H,14,17). The number of thiazole rings is 1. The van der Waals surface area contributed by atoms with E-state index >= 15 is 0 Å². The highest BCUT2D eigenvalue weighted by atomic mass is 32.1. The van der Waals surface area contributed by atoms with Gasteiger partial charge in [-0.1, -0.05) is 13.3 Å². The summed E-state index contributed by atoms with van der Waals surface area (Å²) < 4.78 is 0. The molecule has 0 aromatic carbocycles. The van der Waals surface area contributed by atoms with Gasteiger partial charge in [-0.05, 0) is 25.3 Å². The van der Waals surface area contributed by atoms with Gasteiger partial charge in [0.15, 0.2) is 0 Å². The molecule has 1 heterocycles. The zero-order valence-electron chi connectivity index (χ0n) is 10.8. The molecule has 0 spiro atoms. The lowest BCUT2D eigenvalue weighted by atomic mass is 10.0. The van der Waals surface area contributed by atoms with Crippen LogP contribution >= 0.6 is 11.3 Å². The fourth-order valence-electron chi connectivity index (χ4n) is 1.55. The molecule has 1 aromatic rings. The maximum Gasteiger partial charge on any atom is 0.244 e. The molecule has 1 amide bonds. The Labute approximate surface area is 112 Å². The topological polar surface area (TPSA) is 62.2 Å². The summed E-state index contributed by atoms with van der Waals surface area (Å²) in [5.74, 6) is 0.228. The van der Waals surface area contributed by atoms with E-state index in [1.54, 1.807) is 17.4 Å². The molecule has 0 aliphatic heterocycles. The van der Waals surface area contributed by atoms with Gasteiger partial charge in [0.2, 0.25) is 5.91 Å². The Hall–Kier alpha value is -1.20. The molecule has 1 unspecified atom stereocenters. The Morgan fingerprint density at radius 2 is 2.44 bits per heavy atom. The van der Waals surface area contributed by atoms with Gasteiger partial charge in [-0.2, -0.15) is 0 Å². The van der Waals surface area contributed by atoms with Crippen molar-refractivity contribution < 1.29 is 9.90 Å². The third-order valence-electron chi connectivity index (χ3n) is 2.72. The average molecular weight is 268 g/mol. The zero-order chi connectivity index (χ0) is 13.4. The van der Waals surface area contributed by atoms with Crippen LogP contribution in [0.3, 0.4) is 0 Å². The van der Waals surface area contributed by atoms with Gasteiger partial charge in [0.25, 0.3) is 0 Å². The Morgan fingerprint density at radius 3 is 3.00 bits per heavy atom. The second-order valence-corrected chi connectivity index (χ2v) is 5.22. The van der Waals surface area contributed by atoms with Crippen LogP contribution < -0.4 is 5.32 Å². The molecule has 100 valence electrons. The SMILES string of the molecule is CCC(CCO)CNC(=O)C=Cc1csc(C)n1. The first-order chi connectivity index (χ1) is 8.65. The molecule has 4 nitrogen and oxygen atoms in total. The molecule has 1 rings (SSSR count). The lowest BCUT2D eigenvalue weighted by Gasteiger charge is -2.13. The van der Waals surface area contributed by atoms with E-state index in [4.69, 9.17) is 5.11 Å². The first-order valence-electron chi connectivity index (χ1n) is 6.14. The number of carbonyl (C=O) groups is 1. The second kappa shape index (κ2) is 8.00. The molecule has 0 saturated carbocycles. The van der Waals surface area contributed by atoms with Crippen molar-refractivity contribution in [2.45, 2.75) is 26.7 Å². The van der Waals surface area contributed by atoms with Crippen LogP contribution in [0.25, 0.3) is 6.08 Å². The number of hydrogen-bond donors (Lipinski definition) is 2. The molecule has 18 heavy (non-hydrogen) atoms. The van der Waals surface area contributed by atoms with Crippen molar-refractivity contribution >= 4 is 23.3 Å². The van der Waals surface area contributed by atoms with E-state index < -0.39 is 0 Å². The number of aryl methyl sites for hydroxylation is 1. The van der Waals surface area contributed by atoms with Crippen LogP contribution in [0.2, 0.25) is 0 Å². The number of hydrogen-bond acceptors (Lipinski definition) is 4. The number of aromatic nitrogens is 1. The van der Waals surface area contributed by atoms with Crippen LogP contribution in [0, 0.1) is 12.8 Å². The summed E-state index contributed by atoms with van der Waals surface area (Å²) in [6.45, 7) is 4.77. The summed E-state index contributed by atoms with van der Waals surface area (Å²) in [5.41, 5.74) is 0.815. The molecule has 0 saturated heterocycles. The molecule has 0 radical (unpaired) electrons. The average Bonchev–Trinajstić information content (AvgIpc) is 2.77. The quantitative estimate of drug-likeness (QED) is 0.743. The summed E-state index contributed by atoms with van der Waals surface area (Å²) in [6, 6.07) is 0. The predicted octanol–water partition coefficient (Wildman–Crippen LogP) is 1.99. The van der Waals surface area contributed by atoms with Crippen LogP contribution in [0.4, 0.5) is 0 Å². The van der Waals surface area contributed by atoms with E-state index in [2.05, 4.69) is 17.2 Å². The molecule has 0 aliphatic rings. The second-order valence-electron chi connectivity index (χ2n) is 4.16. The Balaban J connectivity index is 2.35. The van der Waals surface area contributed by atoms with Crippen molar-refractivity contribution in [3.05, 3.63) is 22.2 Å². The molecular formula is C13H20N2O2S. The van der Waals surface area contributed by atoms with Gasteiger partial charge in [0, 0.05) is 24.6 Å². The van der Waals surface area contributed by atoms with E-state index in [0.29, 0.717) is 12.5 Å². The summed E-state index contributed by atoms with van der Waals surface area (Å²) in [4.78, 5) is 15.8. The van der Waals surface area contributed by atoms with Crippen LogP contribution in [0.1, 0.15) is 30.5 Å². The molecule has 5 heteroatoms. The summed E-state index contributed by atoms with van der Waals surface area (Å²) in [5, 5.41) is 14.6. The Bertz CT molecular complexity index is 401. The van der Waals surface area contributed by atoms with Gasteiger partial charge >= 0.3 is 0 Å². The monoisotopic (exact) mass is 268 g/mol. The zero-order valence-corrected chi connectivity index (χ0v) is 11.7. The molecule has 2 N–H and O–H groups in total. The molecule has 1 atom stereocenters. The van der Waals surface area contributed by atoms with Gasteiger partial charge in [0.1, 0.15) is 0 Å². The highest BCUT2D eigenvalue weighted by Crippen LogP contribution is 2.09. The predicted molar refractivity (Wildman–Crippen MR) is 74.4 cm³/mol. The van der Waals surface area contributed by atoms with Crippen LogP contribution in [0.15, 0.2) is 11.5 Å². The van der Waals surface area contributed by atoms with Crippen molar-refractivity contribution in [1.82, 2.24) is 10.3 Å². The number of aliphatic hydroxyl groups is 1. The highest BCUT2D eigenvalue weighted by Gasteiger charge is 2.06. The number of aliphatic hydroxyl groups excluding tert-OH is 1. The normalized spacial score (nSPS) is 12.8. The van der Waals surface area contributed by atoms with E-state index in [9.17, 15) is 4.79 Å². The van der Waals surface area contributed by atoms with Gasteiger partial charge in [-0.3, -0.25) is 4.79 Å². The third kappa shape index (κ3) is 5.42. The number of nitrogens with zero attached hydrogens (tertiary/aromatic N) is 1. The van der Waals surface area contributed by atoms with E-state index in [-0.39, 0.29) is 12.5 Å².